The number of para-hydroxylation sites is 2. The van der Waals surface area contributed by atoms with Gasteiger partial charge in [-0.15, -0.1) is 0 Å². The van der Waals surface area contributed by atoms with E-state index in [1.165, 1.54) is 32.4 Å². The fourth-order valence-electron chi connectivity index (χ4n) is 2.98. The van der Waals surface area contributed by atoms with E-state index < -0.39 is 23.2 Å². The average molecular weight is 390 g/mol. The minimum Gasteiger partial charge on any atom is -0.493 e. The molecule has 0 bridgehead atoms. The van der Waals surface area contributed by atoms with Gasteiger partial charge in [0.25, 0.3) is 5.91 Å². The second kappa shape index (κ2) is 7.75. The lowest BCUT2D eigenvalue weighted by Crippen LogP contribution is -2.26. The first-order chi connectivity index (χ1) is 13.4. The Bertz CT molecular complexity index is 1020. The third-order valence-electron chi connectivity index (χ3n) is 4.23. The molecule has 1 aromatic heterocycles. The van der Waals surface area contributed by atoms with E-state index in [9.17, 15) is 18.0 Å². The number of hydrogen-bond acceptors (Lipinski definition) is 4. The Hall–Kier alpha value is -3.29. The summed E-state index contributed by atoms with van der Waals surface area (Å²) in [4.78, 5) is 16.5. The number of ether oxygens (including phenoxy) is 2. The molecule has 0 saturated carbocycles. The molecule has 0 saturated heterocycles. The van der Waals surface area contributed by atoms with Crippen molar-refractivity contribution in [1.29, 1.82) is 0 Å². The number of fused-ring (bicyclic) bond motifs is 1. The minimum absolute atomic E-state index is 0.0384. The lowest BCUT2D eigenvalue weighted by Gasteiger charge is -2.16. The van der Waals surface area contributed by atoms with E-state index in [2.05, 4.69) is 10.3 Å². The van der Waals surface area contributed by atoms with Crippen LogP contribution >= 0.6 is 0 Å². The molecular formula is C20H17F3N2O3. The predicted octanol–water partition coefficient (Wildman–Crippen LogP) is 4.20. The highest BCUT2D eigenvalue weighted by atomic mass is 19.4. The summed E-state index contributed by atoms with van der Waals surface area (Å²) >= 11 is 0. The molecule has 0 aliphatic carbocycles. The highest BCUT2D eigenvalue weighted by Crippen LogP contribution is 2.37. The van der Waals surface area contributed by atoms with E-state index in [-0.39, 0.29) is 17.4 Å². The van der Waals surface area contributed by atoms with E-state index in [1.54, 1.807) is 24.3 Å². The Morgan fingerprint density at radius 3 is 2.50 bits per heavy atom. The third-order valence-corrected chi connectivity index (χ3v) is 4.23. The smallest absolute Gasteiger partial charge is 0.417 e. The summed E-state index contributed by atoms with van der Waals surface area (Å²) < 4.78 is 51.5. The maximum Gasteiger partial charge on any atom is 0.417 e. The van der Waals surface area contributed by atoms with Crippen molar-refractivity contribution in [2.45, 2.75) is 12.7 Å². The number of nitrogens with zero attached hydrogens (tertiary/aromatic N) is 1. The number of nitrogens with one attached hydrogen (secondary N) is 1. The number of hydrogen-bond donors (Lipinski definition) is 1. The van der Waals surface area contributed by atoms with Crippen molar-refractivity contribution in [3.05, 3.63) is 65.4 Å². The molecule has 5 nitrogen and oxygen atoms in total. The highest BCUT2D eigenvalue weighted by molar-refractivity contribution is 6.00. The van der Waals surface area contributed by atoms with E-state index in [0.717, 1.165) is 6.20 Å². The number of pyridine rings is 1. The van der Waals surface area contributed by atoms with Crippen LogP contribution in [-0.2, 0) is 12.7 Å². The van der Waals surface area contributed by atoms with Crippen LogP contribution in [0.25, 0.3) is 10.9 Å². The Morgan fingerprint density at radius 1 is 1.07 bits per heavy atom. The zero-order valence-corrected chi connectivity index (χ0v) is 15.1. The number of rotatable bonds is 5. The number of benzene rings is 2. The summed E-state index contributed by atoms with van der Waals surface area (Å²) in [7, 11) is 2.91. The standard InChI is InChI=1S/C20H17F3N2O3/c1-27-16-9-5-6-12(18(16)28-2)10-25-19(26)14-11-24-15-8-4-3-7-13(15)17(14)20(21,22)23/h3-9,11H,10H2,1-2H3,(H,25,26). The Morgan fingerprint density at radius 2 is 1.82 bits per heavy atom. The Labute approximate surface area is 159 Å². The van der Waals surface area contributed by atoms with Gasteiger partial charge in [0.1, 0.15) is 0 Å². The van der Waals surface area contributed by atoms with Crippen LogP contribution in [-0.4, -0.2) is 25.1 Å². The fraction of sp³-hybridized carbons (Fsp3) is 0.200. The molecule has 3 rings (SSSR count). The summed E-state index contributed by atoms with van der Waals surface area (Å²) in [5.41, 5.74) is -0.806. The first-order valence-electron chi connectivity index (χ1n) is 8.29. The van der Waals surface area contributed by atoms with E-state index >= 15 is 0 Å². The molecule has 0 atom stereocenters. The molecule has 1 amide bonds. The van der Waals surface area contributed by atoms with Gasteiger partial charge in [0.05, 0.1) is 30.9 Å². The minimum atomic E-state index is -4.71. The van der Waals surface area contributed by atoms with E-state index in [0.29, 0.717) is 17.1 Å². The van der Waals surface area contributed by atoms with Gasteiger partial charge in [-0.05, 0) is 12.1 Å². The van der Waals surface area contributed by atoms with Crippen molar-refractivity contribution in [1.82, 2.24) is 10.3 Å². The van der Waals surface area contributed by atoms with Crippen molar-refractivity contribution < 1.29 is 27.4 Å². The molecule has 8 heteroatoms. The van der Waals surface area contributed by atoms with Crippen LogP contribution in [0.3, 0.4) is 0 Å². The van der Waals surface area contributed by atoms with Gasteiger partial charge in [-0.25, -0.2) is 0 Å². The molecule has 28 heavy (non-hydrogen) atoms. The SMILES string of the molecule is COc1cccc(CNC(=O)c2cnc3ccccc3c2C(F)(F)F)c1OC. The number of carbonyl (C=O) groups excluding carboxylic acids is 1. The van der Waals surface area contributed by atoms with Gasteiger partial charge in [0.15, 0.2) is 11.5 Å². The van der Waals surface area contributed by atoms with Crippen LogP contribution in [0, 0.1) is 0 Å². The van der Waals surface area contributed by atoms with Gasteiger partial charge >= 0.3 is 6.18 Å². The average Bonchev–Trinajstić information content (AvgIpc) is 2.69. The zero-order chi connectivity index (χ0) is 20.3. The Kier molecular flexibility index (Phi) is 5.39. The number of halogens is 3. The van der Waals surface area contributed by atoms with Crippen molar-refractivity contribution in [3.8, 4) is 11.5 Å². The number of amides is 1. The topological polar surface area (TPSA) is 60.5 Å². The lowest BCUT2D eigenvalue weighted by atomic mass is 10.0. The van der Waals surface area contributed by atoms with Gasteiger partial charge in [-0.3, -0.25) is 9.78 Å². The van der Waals surface area contributed by atoms with Crippen LogP contribution in [0.4, 0.5) is 13.2 Å². The molecular weight excluding hydrogens is 373 g/mol. The number of carbonyl (C=O) groups is 1. The van der Waals surface area contributed by atoms with Crippen molar-refractivity contribution >= 4 is 16.8 Å². The van der Waals surface area contributed by atoms with Gasteiger partial charge in [-0.2, -0.15) is 13.2 Å². The molecule has 1 heterocycles. The fourth-order valence-corrected chi connectivity index (χ4v) is 2.98. The zero-order valence-electron chi connectivity index (χ0n) is 15.1. The summed E-state index contributed by atoms with van der Waals surface area (Å²) in [5.74, 6) is -0.0222. The largest absolute Gasteiger partial charge is 0.493 e. The van der Waals surface area contributed by atoms with Crippen LogP contribution in [0.5, 0.6) is 11.5 Å². The molecule has 146 valence electrons. The predicted molar refractivity (Wildman–Crippen MR) is 97.5 cm³/mol. The van der Waals surface area contributed by atoms with E-state index in [4.69, 9.17) is 9.47 Å². The summed E-state index contributed by atoms with van der Waals surface area (Å²) in [5, 5.41) is 2.38. The molecule has 3 aromatic rings. The second-order valence-electron chi connectivity index (χ2n) is 5.90. The van der Waals surface area contributed by atoms with Crippen molar-refractivity contribution in [2.24, 2.45) is 0 Å². The number of methoxy groups -OCH3 is 2. The molecule has 0 fully saturated rings. The first-order valence-corrected chi connectivity index (χ1v) is 8.29. The van der Waals surface area contributed by atoms with Crippen LogP contribution < -0.4 is 14.8 Å². The van der Waals surface area contributed by atoms with Crippen LogP contribution in [0.1, 0.15) is 21.5 Å². The van der Waals surface area contributed by atoms with Crippen LogP contribution in [0.2, 0.25) is 0 Å². The Balaban J connectivity index is 1.95. The van der Waals surface area contributed by atoms with Crippen molar-refractivity contribution in [2.75, 3.05) is 14.2 Å². The van der Waals surface area contributed by atoms with Gasteiger partial charge < -0.3 is 14.8 Å². The van der Waals surface area contributed by atoms with Gasteiger partial charge in [0, 0.05) is 23.7 Å². The monoisotopic (exact) mass is 390 g/mol. The molecule has 1 N–H and O–H groups in total. The second-order valence-corrected chi connectivity index (χ2v) is 5.90. The summed E-state index contributed by atoms with van der Waals surface area (Å²) in [6.07, 6.45) is -3.76. The lowest BCUT2D eigenvalue weighted by molar-refractivity contribution is -0.136. The van der Waals surface area contributed by atoms with E-state index in [1.807, 2.05) is 0 Å². The quantitative estimate of drug-likeness (QED) is 0.709. The first kappa shape index (κ1) is 19.5. The van der Waals surface area contributed by atoms with Crippen LogP contribution in [0.15, 0.2) is 48.7 Å². The molecule has 2 aromatic carbocycles. The maximum absolute atomic E-state index is 13.7. The number of aromatic nitrogens is 1. The maximum atomic E-state index is 13.7. The van der Waals surface area contributed by atoms with Gasteiger partial charge in [0.2, 0.25) is 0 Å². The highest BCUT2D eigenvalue weighted by Gasteiger charge is 2.37. The normalized spacial score (nSPS) is 11.3. The molecule has 0 aliphatic heterocycles. The summed E-state index contributed by atoms with van der Waals surface area (Å²) in [6, 6.07) is 10.9. The van der Waals surface area contributed by atoms with Crippen molar-refractivity contribution in [3.63, 3.8) is 0 Å². The molecule has 0 unspecified atom stereocenters. The molecule has 0 aliphatic rings. The third kappa shape index (κ3) is 3.71. The summed E-state index contributed by atoms with van der Waals surface area (Å²) in [6.45, 7) is -0.0384. The number of alkyl halides is 3. The van der Waals surface area contributed by atoms with Gasteiger partial charge in [-0.1, -0.05) is 30.3 Å². The molecule has 0 radical (unpaired) electrons. The molecule has 0 spiro atoms.